The van der Waals surface area contributed by atoms with Crippen molar-refractivity contribution in [3.8, 4) is 0 Å². The van der Waals surface area contributed by atoms with Crippen molar-refractivity contribution in [2.24, 2.45) is 0 Å². The second-order valence-electron chi connectivity index (χ2n) is 5.10. The van der Waals surface area contributed by atoms with E-state index in [1.54, 1.807) is 6.26 Å². The molecule has 0 spiro atoms. The van der Waals surface area contributed by atoms with E-state index in [-0.39, 0.29) is 0 Å². The second kappa shape index (κ2) is 8.13. The highest BCUT2D eigenvalue weighted by atomic mass is 35.5. The first kappa shape index (κ1) is 15.1. The Morgan fingerprint density at radius 3 is 2.85 bits per heavy atom. The zero-order valence-corrected chi connectivity index (χ0v) is 12.7. The third-order valence-corrected chi connectivity index (χ3v) is 3.61. The molecule has 0 saturated heterocycles. The molecule has 0 radical (unpaired) electrons. The molecule has 20 heavy (non-hydrogen) atoms. The highest BCUT2D eigenvalue weighted by Crippen LogP contribution is 2.15. The maximum atomic E-state index is 6.06. The van der Waals surface area contributed by atoms with Gasteiger partial charge >= 0.3 is 0 Å². The Morgan fingerprint density at radius 2 is 2.15 bits per heavy atom. The van der Waals surface area contributed by atoms with Crippen molar-refractivity contribution in [2.75, 3.05) is 6.54 Å². The summed E-state index contributed by atoms with van der Waals surface area (Å²) in [6, 6.07) is 12.6. The number of nitrogens with one attached hydrogen (secondary N) is 1. The molecule has 0 aliphatic carbocycles. The average Bonchev–Trinajstić information content (AvgIpc) is 2.95. The maximum absolute atomic E-state index is 6.06. The number of hydrogen-bond acceptors (Lipinski definition) is 2. The molecule has 0 aliphatic heterocycles. The van der Waals surface area contributed by atoms with Crippen LogP contribution in [0.25, 0.3) is 0 Å². The first-order valence-electron chi connectivity index (χ1n) is 7.28. The van der Waals surface area contributed by atoms with Crippen molar-refractivity contribution in [3.05, 3.63) is 59.0 Å². The highest BCUT2D eigenvalue weighted by Gasteiger charge is 2.10. The van der Waals surface area contributed by atoms with Crippen LogP contribution in [0.5, 0.6) is 0 Å². The number of hydrogen-bond donors (Lipinski definition) is 1. The summed E-state index contributed by atoms with van der Waals surface area (Å²) in [4.78, 5) is 0. The lowest BCUT2D eigenvalue weighted by atomic mass is 10.0. The molecule has 0 aliphatic rings. The zero-order valence-electron chi connectivity index (χ0n) is 11.9. The van der Waals surface area contributed by atoms with Gasteiger partial charge in [0.15, 0.2) is 0 Å². The van der Waals surface area contributed by atoms with Gasteiger partial charge in [-0.05, 0) is 55.6 Å². The monoisotopic (exact) mass is 291 g/mol. The molecule has 0 saturated carbocycles. The maximum Gasteiger partial charge on any atom is 0.103 e. The van der Waals surface area contributed by atoms with Crippen LogP contribution in [0.4, 0.5) is 0 Å². The molecule has 3 heteroatoms. The third-order valence-electron chi connectivity index (χ3n) is 3.37. The van der Waals surface area contributed by atoms with Gasteiger partial charge in [0.05, 0.1) is 6.26 Å². The van der Waals surface area contributed by atoms with Gasteiger partial charge in [0.2, 0.25) is 0 Å². The number of aryl methyl sites for hydroxylation is 1. The summed E-state index contributed by atoms with van der Waals surface area (Å²) in [6.07, 6.45) is 5.92. The second-order valence-corrected chi connectivity index (χ2v) is 5.54. The smallest absolute Gasteiger partial charge is 0.103 e. The lowest BCUT2D eigenvalue weighted by Crippen LogP contribution is -2.32. The van der Waals surface area contributed by atoms with Gasteiger partial charge in [-0.2, -0.15) is 0 Å². The topological polar surface area (TPSA) is 25.2 Å². The van der Waals surface area contributed by atoms with E-state index in [4.69, 9.17) is 16.0 Å². The molecule has 1 aromatic carbocycles. The van der Waals surface area contributed by atoms with E-state index in [9.17, 15) is 0 Å². The Hall–Kier alpha value is -1.25. The van der Waals surface area contributed by atoms with Gasteiger partial charge in [-0.1, -0.05) is 30.7 Å². The number of benzene rings is 1. The predicted octanol–water partition coefficient (Wildman–Crippen LogP) is 4.48. The van der Waals surface area contributed by atoms with E-state index in [0.717, 1.165) is 43.0 Å². The van der Waals surface area contributed by atoms with E-state index in [1.165, 1.54) is 5.56 Å². The van der Waals surface area contributed by atoms with E-state index in [1.807, 2.05) is 24.3 Å². The van der Waals surface area contributed by atoms with Crippen LogP contribution in [0.3, 0.4) is 0 Å². The van der Waals surface area contributed by atoms with Gasteiger partial charge in [-0.3, -0.25) is 0 Å². The van der Waals surface area contributed by atoms with Crippen molar-refractivity contribution in [1.82, 2.24) is 5.32 Å². The van der Waals surface area contributed by atoms with Gasteiger partial charge < -0.3 is 9.73 Å². The van der Waals surface area contributed by atoms with Gasteiger partial charge in [-0.15, -0.1) is 0 Å². The summed E-state index contributed by atoms with van der Waals surface area (Å²) in [5, 5.41) is 4.42. The van der Waals surface area contributed by atoms with Gasteiger partial charge in [-0.25, -0.2) is 0 Å². The minimum absolute atomic E-state index is 0.457. The fourth-order valence-corrected chi connectivity index (χ4v) is 2.56. The molecule has 1 unspecified atom stereocenters. The minimum atomic E-state index is 0.457. The Balaban J connectivity index is 1.92. The molecule has 0 amide bonds. The Kier molecular flexibility index (Phi) is 6.16. The standard InChI is InChI=1S/C17H22ClNO/c1-2-10-19-16(8-9-17-7-4-11-20-17)13-14-5-3-6-15(18)12-14/h3-7,11-12,16,19H,2,8-10,13H2,1H3. The number of furan rings is 1. The molecular weight excluding hydrogens is 270 g/mol. The fourth-order valence-electron chi connectivity index (χ4n) is 2.34. The summed E-state index contributed by atoms with van der Waals surface area (Å²) in [7, 11) is 0. The average molecular weight is 292 g/mol. The first-order chi connectivity index (χ1) is 9.78. The summed E-state index contributed by atoms with van der Waals surface area (Å²) in [5.41, 5.74) is 1.28. The van der Waals surface area contributed by atoms with E-state index >= 15 is 0 Å². The van der Waals surface area contributed by atoms with Crippen LogP contribution in [0.2, 0.25) is 5.02 Å². The number of rotatable bonds is 8. The quantitative estimate of drug-likeness (QED) is 0.776. The molecule has 108 valence electrons. The van der Waals surface area contributed by atoms with Crippen LogP contribution in [-0.2, 0) is 12.8 Å². The molecule has 0 fully saturated rings. The molecule has 2 aromatic rings. The number of halogens is 1. The van der Waals surface area contributed by atoms with Crippen LogP contribution in [0.15, 0.2) is 47.1 Å². The van der Waals surface area contributed by atoms with Crippen molar-refractivity contribution in [1.29, 1.82) is 0 Å². The Labute approximate surface area is 126 Å². The third kappa shape index (κ3) is 5.03. The predicted molar refractivity (Wildman–Crippen MR) is 84.3 cm³/mol. The first-order valence-corrected chi connectivity index (χ1v) is 7.66. The van der Waals surface area contributed by atoms with Gasteiger partial charge in [0.25, 0.3) is 0 Å². The van der Waals surface area contributed by atoms with Crippen LogP contribution in [0, 0.1) is 0 Å². The molecular formula is C17H22ClNO. The molecule has 1 N–H and O–H groups in total. The van der Waals surface area contributed by atoms with Crippen LogP contribution >= 0.6 is 11.6 Å². The van der Waals surface area contributed by atoms with E-state index in [2.05, 4.69) is 24.4 Å². The van der Waals surface area contributed by atoms with Crippen molar-refractivity contribution in [3.63, 3.8) is 0 Å². The molecule has 1 atom stereocenters. The lowest BCUT2D eigenvalue weighted by molar-refractivity contribution is 0.441. The van der Waals surface area contributed by atoms with Crippen LogP contribution < -0.4 is 5.32 Å². The molecule has 0 bridgehead atoms. The molecule has 2 nitrogen and oxygen atoms in total. The molecule has 1 heterocycles. The van der Waals surface area contributed by atoms with Gasteiger partial charge in [0.1, 0.15) is 5.76 Å². The largest absolute Gasteiger partial charge is 0.469 e. The summed E-state index contributed by atoms with van der Waals surface area (Å²) >= 11 is 6.06. The van der Waals surface area contributed by atoms with Crippen molar-refractivity contribution in [2.45, 2.75) is 38.6 Å². The van der Waals surface area contributed by atoms with E-state index in [0.29, 0.717) is 6.04 Å². The summed E-state index contributed by atoms with van der Waals surface area (Å²) in [5.74, 6) is 1.05. The minimum Gasteiger partial charge on any atom is -0.469 e. The zero-order chi connectivity index (χ0) is 14.2. The highest BCUT2D eigenvalue weighted by molar-refractivity contribution is 6.30. The SMILES string of the molecule is CCCNC(CCc1ccco1)Cc1cccc(Cl)c1. The van der Waals surface area contributed by atoms with Crippen molar-refractivity contribution < 1.29 is 4.42 Å². The molecule has 1 aromatic heterocycles. The van der Waals surface area contributed by atoms with E-state index < -0.39 is 0 Å². The van der Waals surface area contributed by atoms with Gasteiger partial charge in [0, 0.05) is 17.5 Å². The Morgan fingerprint density at radius 1 is 1.25 bits per heavy atom. The lowest BCUT2D eigenvalue weighted by Gasteiger charge is -2.18. The fraction of sp³-hybridized carbons (Fsp3) is 0.412. The summed E-state index contributed by atoms with van der Waals surface area (Å²) < 4.78 is 5.41. The molecule has 2 rings (SSSR count). The Bertz CT molecular complexity index is 495. The van der Waals surface area contributed by atoms with Crippen LogP contribution in [0.1, 0.15) is 31.1 Å². The summed E-state index contributed by atoms with van der Waals surface area (Å²) in [6.45, 7) is 3.24. The normalized spacial score (nSPS) is 12.5. The van der Waals surface area contributed by atoms with Crippen molar-refractivity contribution >= 4 is 11.6 Å². The van der Waals surface area contributed by atoms with Crippen LogP contribution in [-0.4, -0.2) is 12.6 Å².